The lowest BCUT2D eigenvalue weighted by molar-refractivity contribution is 0.0380. The lowest BCUT2D eigenvalue weighted by atomic mass is 9.57. The maximum Gasteiger partial charge on any atom is 0.115 e. The molecule has 3 aliphatic rings. The summed E-state index contributed by atoms with van der Waals surface area (Å²) in [6, 6.07) is 5.97. The Hall–Kier alpha value is -1.02. The van der Waals surface area contributed by atoms with Crippen LogP contribution in [0.1, 0.15) is 49.7 Å². The Bertz CT molecular complexity index is 524. The van der Waals surface area contributed by atoms with E-state index in [9.17, 15) is 10.2 Å². The smallest absolute Gasteiger partial charge is 0.115 e. The number of phenols is 1. The molecule has 2 N–H and O–H groups in total. The first kappa shape index (κ1) is 12.7. The lowest BCUT2D eigenvalue weighted by Crippen LogP contribution is -2.40. The number of fused-ring (bicyclic) bond motifs is 5. The van der Waals surface area contributed by atoms with Crippen LogP contribution < -0.4 is 0 Å². The molecule has 0 aromatic heterocycles. The summed E-state index contributed by atoms with van der Waals surface area (Å²) in [6.07, 6.45) is 5.66. The first-order valence-electron chi connectivity index (χ1n) is 8.15. The number of benzene rings is 1. The average Bonchev–Trinajstić information content (AvgIpc) is 2.80. The SMILES string of the molecule is C[C@@H]1Cc2cc(O)ccc2[C@H]2CC[C@@H]3C(O)CC[C@H]3[C@H]12. The summed E-state index contributed by atoms with van der Waals surface area (Å²) in [5, 5.41) is 19.9. The summed E-state index contributed by atoms with van der Waals surface area (Å²) in [6.45, 7) is 2.37. The zero-order chi connectivity index (χ0) is 13.9. The lowest BCUT2D eigenvalue weighted by Gasteiger charge is -2.47. The molecule has 1 aromatic carbocycles. The van der Waals surface area contributed by atoms with Gasteiger partial charge in [0, 0.05) is 0 Å². The highest BCUT2D eigenvalue weighted by atomic mass is 16.3. The average molecular weight is 272 g/mol. The molecule has 20 heavy (non-hydrogen) atoms. The Morgan fingerprint density at radius 2 is 1.85 bits per heavy atom. The van der Waals surface area contributed by atoms with Crippen LogP contribution in [0.15, 0.2) is 18.2 Å². The molecule has 2 heteroatoms. The number of hydrogen-bond acceptors (Lipinski definition) is 2. The van der Waals surface area contributed by atoms with E-state index in [0.717, 1.165) is 24.7 Å². The van der Waals surface area contributed by atoms with E-state index in [2.05, 4.69) is 13.0 Å². The second kappa shape index (κ2) is 4.49. The Balaban J connectivity index is 1.73. The van der Waals surface area contributed by atoms with Crippen molar-refractivity contribution in [2.24, 2.45) is 23.7 Å². The molecule has 1 aromatic rings. The summed E-state index contributed by atoms with van der Waals surface area (Å²) < 4.78 is 0. The highest BCUT2D eigenvalue weighted by molar-refractivity contribution is 5.40. The van der Waals surface area contributed by atoms with Gasteiger partial charge in [-0.15, -0.1) is 0 Å². The van der Waals surface area contributed by atoms with Gasteiger partial charge in [-0.2, -0.15) is 0 Å². The van der Waals surface area contributed by atoms with Gasteiger partial charge in [0.2, 0.25) is 0 Å². The van der Waals surface area contributed by atoms with E-state index in [4.69, 9.17) is 0 Å². The molecule has 2 fully saturated rings. The number of phenolic OH excluding ortho intramolecular Hbond substituents is 1. The first-order valence-corrected chi connectivity index (χ1v) is 8.15. The second-order valence-electron chi connectivity index (χ2n) is 7.30. The molecule has 6 atom stereocenters. The van der Waals surface area contributed by atoms with Crippen molar-refractivity contribution in [3.8, 4) is 5.75 Å². The molecule has 2 nitrogen and oxygen atoms in total. The summed E-state index contributed by atoms with van der Waals surface area (Å²) in [5.41, 5.74) is 2.83. The molecule has 4 rings (SSSR count). The van der Waals surface area contributed by atoms with Crippen molar-refractivity contribution in [3.63, 3.8) is 0 Å². The third-order valence-corrected chi connectivity index (χ3v) is 6.33. The van der Waals surface area contributed by atoms with E-state index in [1.54, 1.807) is 0 Å². The molecule has 0 saturated heterocycles. The normalized spacial score (nSPS) is 42.7. The van der Waals surface area contributed by atoms with E-state index in [1.165, 1.54) is 30.4 Å². The zero-order valence-corrected chi connectivity index (χ0v) is 12.1. The fraction of sp³-hybridized carbons (Fsp3) is 0.667. The molecule has 0 amide bonds. The van der Waals surface area contributed by atoms with Crippen molar-refractivity contribution in [2.45, 2.75) is 51.0 Å². The Labute approximate surface area is 120 Å². The van der Waals surface area contributed by atoms with E-state index in [1.807, 2.05) is 12.1 Å². The van der Waals surface area contributed by atoms with E-state index >= 15 is 0 Å². The van der Waals surface area contributed by atoms with Crippen LogP contribution in [0, 0.1) is 23.7 Å². The van der Waals surface area contributed by atoms with Crippen molar-refractivity contribution in [2.75, 3.05) is 0 Å². The van der Waals surface area contributed by atoms with Crippen molar-refractivity contribution in [1.82, 2.24) is 0 Å². The molecule has 0 spiro atoms. The minimum atomic E-state index is -0.0469. The number of rotatable bonds is 0. The first-order chi connectivity index (χ1) is 9.65. The van der Waals surface area contributed by atoms with Gasteiger partial charge in [-0.25, -0.2) is 0 Å². The molecule has 0 aliphatic heterocycles. The highest BCUT2D eigenvalue weighted by Gasteiger charge is 2.49. The quantitative estimate of drug-likeness (QED) is 0.759. The molecule has 1 unspecified atom stereocenters. The zero-order valence-electron chi connectivity index (χ0n) is 12.1. The van der Waals surface area contributed by atoms with Crippen LogP contribution in [0.5, 0.6) is 5.75 Å². The Morgan fingerprint density at radius 3 is 2.70 bits per heavy atom. The molecule has 0 bridgehead atoms. The van der Waals surface area contributed by atoms with E-state index < -0.39 is 0 Å². The van der Waals surface area contributed by atoms with E-state index in [-0.39, 0.29) is 6.10 Å². The standard InChI is InChI=1S/C18H24O2/c1-10-8-11-9-12(19)2-3-13(11)15-5-4-14-16(18(10)15)6-7-17(14)20/h2-3,9-10,14-20H,4-8H2,1H3/t10-,14+,15-,16-,17?,18-/m1/s1. The fourth-order valence-corrected chi connectivity index (χ4v) is 5.62. The third-order valence-electron chi connectivity index (χ3n) is 6.33. The van der Waals surface area contributed by atoms with Gasteiger partial charge >= 0.3 is 0 Å². The largest absolute Gasteiger partial charge is 0.508 e. The minimum absolute atomic E-state index is 0.0469. The number of aliphatic hydroxyl groups excluding tert-OH is 1. The van der Waals surface area contributed by atoms with Gasteiger partial charge in [-0.3, -0.25) is 0 Å². The Morgan fingerprint density at radius 1 is 1.05 bits per heavy atom. The molecule has 3 aliphatic carbocycles. The monoisotopic (exact) mass is 272 g/mol. The van der Waals surface area contributed by atoms with Crippen LogP contribution in [0.2, 0.25) is 0 Å². The number of aliphatic hydroxyl groups is 1. The van der Waals surface area contributed by atoms with Crippen LogP contribution >= 0.6 is 0 Å². The molecule has 108 valence electrons. The van der Waals surface area contributed by atoms with Gasteiger partial charge in [0.25, 0.3) is 0 Å². The third kappa shape index (κ3) is 1.74. The summed E-state index contributed by atoms with van der Waals surface area (Å²) in [7, 11) is 0. The molecular weight excluding hydrogens is 248 g/mol. The van der Waals surface area contributed by atoms with Gasteiger partial charge in [-0.1, -0.05) is 13.0 Å². The summed E-state index contributed by atoms with van der Waals surface area (Å²) >= 11 is 0. The van der Waals surface area contributed by atoms with Gasteiger partial charge in [-0.05, 0) is 85.0 Å². The molecule has 0 heterocycles. The van der Waals surface area contributed by atoms with Crippen molar-refractivity contribution in [1.29, 1.82) is 0 Å². The number of aromatic hydroxyl groups is 1. The molecule has 2 saturated carbocycles. The van der Waals surface area contributed by atoms with Crippen LogP contribution in [0.3, 0.4) is 0 Å². The Kier molecular flexibility index (Phi) is 2.85. The van der Waals surface area contributed by atoms with E-state index in [0.29, 0.717) is 23.5 Å². The minimum Gasteiger partial charge on any atom is -0.508 e. The predicted octanol–water partition coefficient (Wildman–Crippen LogP) is 3.47. The summed E-state index contributed by atoms with van der Waals surface area (Å²) in [5.74, 6) is 3.74. The van der Waals surface area contributed by atoms with Crippen LogP contribution in [-0.4, -0.2) is 16.3 Å². The molecular formula is C18H24O2. The van der Waals surface area contributed by atoms with Crippen LogP contribution in [-0.2, 0) is 6.42 Å². The van der Waals surface area contributed by atoms with Crippen molar-refractivity contribution < 1.29 is 10.2 Å². The van der Waals surface area contributed by atoms with Gasteiger partial charge < -0.3 is 10.2 Å². The topological polar surface area (TPSA) is 40.5 Å². The maximum absolute atomic E-state index is 10.2. The van der Waals surface area contributed by atoms with Crippen LogP contribution in [0.4, 0.5) is 0 Å². The maximum atomic E-state index is 10.2. The van der Waals surface area contributed by atoms with Crippen LogP contribution in [0.25, 0.3) is 0 Å². The fourth-order valence-electron chi connectivity index (χ4n) is 5.62. The molecule has 0 radical (unpaired) electrons. The van der Waals surface area contributed by atoms with Gasteiger partial charge in [0.1, 0.15) is 5.75 Å². The highest BCUT2D eigenvalue weighted by Crippen LogP contribution is 2.56. The van der Waals surface area contributed by atoms with Gasteiger partial charge in [0.05, 0.1) is 6.10 Å². The number of hydrogen-bond donors (Lipinski definition) is 2. The predicted molar refractivity (Wildman–Crippen MR) is 78.7 cm³/mol. The second-order valence-corrected chi connectivity index (χ2v) is 7.30. The van der Waals surface area contributed by atoms with Crippen molar-refractivity contribution >= 4 is 0 Å². The van der Waals surface area contributed by atoms with Crippen molar-refractivity contribution in [3.05, 3.63) is 29.3 Å². The summed E-state index contributed by atoms with van der Waals surface area (Å²) in [4.78, 5) is 0. The van der Waals surface area contributed by atoms with Gasteiger partial charge in [0.15, 0.2) is 0 Å².